The summed E-state index contributed by atoms with van der Waals surface area (Å²) >= 11 is 6.08. The highest BCUT2D eigenvalue weighted by molar-refractivity contribution is 6.31. The molecule has 118 valence electrons. The Morgan fingerprint density at radius 3 is 2.57 bits per heavy atom. The summed E-state index contributed by atoms with van der Waals surface area (Å²) in [5.41, 5.74) is 5.75. The molecule has 0 aliphatic rings. The van der Waals surface area contributed by atoms with E-state index in [4.69, 9.17) is 16.0 Å². The molecule has 23 heavy (non-hydrogen) atoms. The van der Waals surface area contributed by atoms with E-state index < -0.39 is 0 Å². The van der Waals surface area contributed by atoms with Gasteiger partial charge in [-0.15, -0.1) is 0 Å². The summed E-state index contributed by atoms with van der Waals surface area (Å²) in [6, 6.07) is 9.57. The van der Waals surface area contributed by atoms with Gasteiger partial charge in [-0.1, -0.05) is 17.7 Å². The number of hydrogen-bond donors (Lipinski definition) is 1. The lowest BCUT2D eigenvalue weighted by Crippen LogP contribution is -2.14. The minimum Gasteiger partial charge on any atom is -0.464 e. The first-order valence-electron chi connectivity index (χ1n) is 7.47. The molecule has 0 aliphatic heterocycles. The maximum absolute atomic E-state index is 12.3. The van der Waals surface area contributed by atoms with Gasteiger partial charge in [0.15, 0.2) is 0 Å². The molecule has 1 amide bonds. The number of carbonyl (C=O) groups is 1. The van der Waals surface area contributed by atoms with Crippen molar-refractivity contribution in [3.8, 4) is 0 Å². The SMILES string of the molecule is Cc1cc2occ(CC(=O)Nc3ccc(C)c(Cl)c3)c2cc1C. The Labute approximate surface area is 140 Å². The van der Waals surface area contributed by atoms with Gasteiger partial charge >= 0.3 is 0 Å². The largest absolute Gasteiger partial charge is 0.464 e. The van der Waals surface area contributed by atoms with E-state index >= 15 is 0 Å². The normalized spacial score (nSPS) is 11.0. The Bertz CT molecular complexity index is 896. The van der Waals surface area contributed by atoms with Crippen LogP contribution in [0.3, 0.4) is 0 Å². The molecule has 0 spiro atoms. The van der Waals surface area contributed by atoms with Gasteiger partial charge in [0.2, 0.25) is 5.91 Å². The zero-order chi connectivity index (χ0) is 16.6. The van der Waals surface area contributed by atoms with Crippen LogP contribution in [0.1, 0.15) is 22.3 Å². The van der Waals surface area contributed by atoms with Crippen LogP contribution in [-0.4, -0.2) is 5.91 Å². The lowest BCUT2D eigenvalue weighted by atomic mass is 10.0. The van der Waals surface area contributed by atoms with E-state index in [-0.39, 0.29) is 12.3 Å². The molecule has 4 heteroatoms. The van der Waals surface area contributed by atoms with Gasteiger partial charge in [-0.2, -0.15) is 0 Å². The number of rotatable bonds is 3. The summed E-state index contributed by atoms with van der Waals surface area (Å²) in [6.45, 7) is 6.03. The first kappa shape index (κ1) is 15.6. The second kappa shape index (κ2) is 6.09. The van der Waals surface area contributed by atoms with Gasteiger partial charge in [0.25, 0.3) is 0 Å². The number of amides is 1. The second-order valence-electron chi connectivity index (χ2n) is 5.88. The van der Waals surface area contributed by atoms with Gasteiger partial charge in [-0.05, 0) is 61.7 Å². The Kier molecular flexibility index (Phi) is 4.14. The molecule has 1 N–H and O–H groups in total. The smallest absolute Gasteiger partial charge is 0.228 e. The molecule has 0 aliphatic carbocycles. The van der Waals surface area contributed by atoms with Crippen molar-refractivity contribution in [1.82, 2.24) is 0 Å². The Morgan fingerprint density at radius 2 is 1.83 bits per heavy atom. The van der Waals surface area contributed by atoms with Crippen molar-refractivity contribution in [2.24, 2.45) is 0 Å². The number of halogens is 1. The number of hydrogen-bond acceptors (Lipinski definition) is 2. The molecule has 0 unspecified atom stereocenters. The third kappa shape index (κ3) is 3.25. The number of anilines is 1. The van der Waals surface area contributed by atoms with E-state index in [1.54, 1.807) is 12.3 Å². The highest BCUT2D eigenvalue weighted by atomic mass is 35.5. The third-order valence-electron chi connectivity index (χ3n) is 4.08. The van der Waals surface area contributed by atoms with Crippen molar-refractivity contribution in [3.63, 3.8) is 0 Å². The van der Waals surface area contributed by atoms with Gasteiger partial charge in [-0.25, -0.2) is 0 Å². The summed E-state index contributed by atoms with van der Waals surface area (Å²) < 4.78 is 5.57. The Hall–Kier alpha value is -2.26. The van der Waals surface area contributed by atoms with Gasteiger partial charge in [0.1, 0.15) is 5.58 Å². The first-order chi connectivity index (χ1) is 10.9. The zero-order valence-corrected chi connectivity index (χ0v) is 14.1. The molecule has 0 bridgehead atoms. The Balaban J connectivity index is 1.80. The summed E-state index contributed by atoms with van der Waals surface area (Å²) in [5.74, 6) is -0.0918. The molecule has 0 fully saturated rings. The average Bonchev–Trinajstić information content (AvgIpc) is 2.86. The van der Waals surface area contributed by atoms with E-state index in [0.717, 1.165) is 22.1 Å². The molecule has 1 aromatic heterocycles. The molecule has 0 saturated carbocycles. The van der Waals surface area contributed by atoms with Crippen molar-refractivity contribution in [2.75, 3.05) is 5.32 Å². The second-order valence-corrected chi connectivity index (χ2v) is 6.29. The van der Waals surface area contributed by atoms with Gasteiger partial charge < -0.3 is 9.73 Å². The molecule has 2 aromatic carbocycles. The predicted octanol–water partition coefficient (Wildman–Crippen LogP) is 5.19. The van der Waals surface area contributed by atoms with Crippen LogP contribution in [0.25, 0.3) is 11.0 Å². The van der Waals surface area contributed by atoms with Gasteiger partial charge in [0, 0.05) is 21.7 Å². The van der Waals surface area contributed by atoms with Crippen molar-refractivity contribution >= 4 is 34.2 Å². The number of benzene rings is 2. The number of carbonyl (C=O) groups excluding carboxylic acids is 1. The van der Waals surface area contributed by atoms with Crippen LogP contribution in [0.5, 0.6) is 0 Å². The summed E-state index contributed by atoms with van der Waals surface area (Å²) in [5, 5.41) is 4.51. The molecule has 0 saturated heterocycles. The lowest BCUT2D eigenvalue weighted by Gasteiger charge is -2.06. The van der Waals surface area contributed by atoms with E-state index in [1.807, 2.05) is 32.0 Å². The van der Waals surface area contributed by atoms with E-state index in [0.29, 0.717) is 10.7 Å². The van der Waals surface area contributed by atoms with Crippen LogP contribution in [-0.2, 0) is 11.2 Å². The van der Waals surface area contributed by atoms with Crippen molar-refractivity contribution in [1.29, 1.82) is 0 Å². The first-order valence-corrected chi connectivity index (χ1v) is 7.85. The fourth-order valence-electron chi connectivity index (χ4n) is 2.52. The van der Waals surface area contributed by atoms with Crippen molar-refractivity contribution in [3.05, 3.63) is 63.9 Å². The highest BCUT2D eigenvalue weighted by Gasteiger charge is 2.12. The standard InChI is InChI=1S/C19H18ClNO2/c1-11-4-5-15(9-17(11)20)21-19(22)8-14-10-23-18-7-13(3)12(2)6-16(14)18/h4-7,9-10H,8H2,1-3H3,(H,21,22). The average molecular weight is 328 g/mol. The van der Waals surface area contributed by atoms with Crippen LogP contribution in [0.4, 0.5) is 5.69 Å². The molecule has 3 aromatic rings. The fourth-order valence-corrected chi connectivity index (χ4v) is 2.70. The van der Waals surface area contributed by atoms with Crippen LogP contribution in [0.2, 0.25) is 5.02 Å². The summed E-state index contributed by atoms with van der Waals surface area (Å²) in [7, 11) is 0. The molecular weight excluding hydrogens is 310 g/mol. The maximum Gasteiger partial charge on any atom is 0.228 e. The molecule has 3 nitrogen and oxygen atoms in total. The quantitative estimate of drug-likeness (QED) is 0.719. The molecule has 0 radical (unpaired) electrons. The van der Waals surface area contributed by atoms with Crippen LogP contribution >= 0.6 is 11.6 Å². The van der Waals surface area contributed by atoms with Gasteiger partial charge in [0.05, 0.1) is 12.7 Å². The Morgan fingerprint density at radius 1 is 1.09 bits per heavy atom. The number of fused-ring (bicyclic) bond motifs is 1. The van der Waals surface area contributed by atoms with Crippen molar-refractivity contribution < 1.29 is 9.21 Å². The monoisotopic (exact) mass is 327 g/mol. The van der Waals surface area contributed by atoms with Crippen LogP contribution < -0.4 is 5.32 Å². The topological polar surface area (TPSA) is 42.2 Å². The minimum atomic E-state index is -0.0918. The molecular formula is C19H18ClNO2. The van der Waals surface area contributed by atoms with Crippen molar-refractivity contribution in [2.45, 2.75) is 27.2 Å². The molecule has 3 rings (SSSR count). The van der Waals surface area contributed by atoms with Gasteiger partial charge in [-0.3, -0.25) is 4.79 Å². The summed E-state index contributed by atoms with van der Waals surface area (Å²) in [4.78, 5) is 12.3. The number of nitrogens with one attached hydrogen (secondary N) is 1. The van der Waals surface area contributed by atoms with Crippen LogP contribution in [0, 0.1) is 20.8 Å². The fraction of sp³-hybridized carbons (Fsp3) is 0.211. The summed E-state index contributed by atoms with van der Waals surface area (Å²) in [6.07, 6.45) is 1.92. The third-order valence-corrected chi connectivity index (χ3v) is 4.48. The zero-order valence-electron chi connectivity index (χ0n) is 13.4. The lowest BCUT2D eigenvalue weighted by molar-refractivity contribution is -0.115. The number of aryl methyl sites for hydroxylation is 3. The number of furan rings is 1. The molecule has 1 heterocycles. The van der Waals surface area contributed by atoms with E-state index in [9.17, 15) is 4.79 Å². The minimum absolute atomic E-state index is 0.0918. The molecule has 0 atom stereocenters. The maximum atomic E-state index is 12.3. The van der Waals surface area contributed by atoms with E-state index in [1.165, 1.54) is 11.1 Å². The predicted molar refractivity (Wildman–Crippen MR) is 94.2 cm³/mol. The van der Waals surface area contributed by atoms with Crippen LogP contribution in [0.15, 0.2) is 41.0 Å². The highest BCUT2D eigenvalue weighted by Crippen LogP contribution is 2.26. The van der Waals surface area contributed by atoms with E-state index in [2.05, 4.69) is 18.3 Å².